The molecule has 2 aliphatic heterocycles. The summed E-state index contributed by atoms with van der Waals surface area (Å²) >= 11 is 0. The van der Waals surface area contributed by atoms with E-state index in [-0.39, 0.29) is 40.3 Å². The number of carbonyl (C=O) groups excluding carboxylic acids is 2. The Kier molecular flexibility index (Phi) is 4.52. The van der Waals surface area contributed by atoms with Crippen LogP contribution in [0.5, 0.6) is 17.2 Å². The van der Waals surface area contributed by atoms with Gasteiger partial charge in [-0.15, -0.1) is 6.42 Å². The lowest BCUT2D eigenvalue weighted by molar-refractivity contribution is -0.171. The predicted molar refractivity (Wildman–Crippen MR) is 126 cm³/mol. The molecule has 6 rings (SSSR count). The van der Waals surface area contributed by atoms with Crippen molar-refractivity contribution in [2.24, 2.45) is 11.8 Å². The first-order valence-electron chi connectivity index (χ1n) is 11.7. The van der Waals surface area contributed by atoms with Gasteiger partial charge in [0, 0.05) is 36.0 Å². The molecule has 1 aromatic rings. The van der Waals surface area contributed by atoms with Crippen LogP contribution in [0.4, 0.5) is 0 Å². The highest BCUT2D eigenvalue weighted by Gasteiger charge is 2.81. The predicted octanol–water partition coefficient (Wildman–Crippen LogP) is 4.55. The molecule has 1 N–H and O–H groups in total. The van der Waals surface area contributed by atoms with Crippen molar-refractivity contribution < 1.29 is 28.9 Å². The fourth-order valence-corrected chi connectivity index (χ4v) is 6.26. The number of fused-ring (bicyclic) bond motifs is 1. The number of allylic oxidation sites excluding steroid dienone is 2. The highest BCUT2D eigenvalue weighted by Crippen LogP contribution is 2.67. The van der Waals surface area contributed by atoms with Gasteiger partial charge in [-0.1, -0.05) is 23.6 Å². The normalized spacial score (nSPS) is 32.2. The molecule has 0 aromatic heterocycles. The van der Waals surface area contributed by atoms with E-state index in [1.54, 1.807) is 26.0 Å². The van der Waals surface area contributed by atoms with Crippen LogP contribution in [0.1, 0.15) is 64.7 Å². The third-order valence-corrected chi connectivity index (χ3v) is 7.68. The van der Waals surface area contributed by atoms with Gasteiger partial charge >= 0.3 is 0 Å². The fraction of sp³-hybridized carbons (Fsp3) is 0.500. The molecule has 1 saturated heterocycles. The standard InChI is InChI=1S/C28H30O6/c1-8-25(4,5)32-17-13-19(29)22-20(14-17)33-28-18(23(22)30)11-16-12-21(28)26(6,7)34-27(28,24(16)31)10-9-15(2)3/h1,9,11,13-14,16,21,29H,10,12H2,2-7H3/t16-,21+,27+,28-/m1/s1. The smallest absolute Gasteiger partial charge is 0.200 e. The van der Waals surface area contributed by atoms with Gasteiger partial charge in [-0.25, -0.2) is 0 Å². The van der Waals surface area contributed by atoms with E-state index in [4.69, 9.17) is 20.6 Å². The van der Waals surface area contributed by atoms with Crippen LogP contribution >= 0.6 is 0 Å². The molecule has 0 unspecified atom stereocenters. The van der Waals surface area contributed by atoms with Gasteiger partial charge in [0.2, 0.25) is 0 Å². The molecule has 3 aliphatic carbocycles. The second kappa shape index (κ2) is 6.76. The molecule has 1 aromatic carbocycles. The number of hydrogen-bond donors (Lipinski definition) is 1. The Morgan fingerprint density at radius 2 is 2.03 bits per heavy atom. The molecule has 2 heterocycles. The first kappa shape index (κ1) is 22.7. The topological polar surface area (TPSA) is 82.1 Å². The molecule has 6 heteroatoms. The van der Waals surface area contributed by atoms with Gasteiger partial charge in [-0.3, -0.25) is 9.59 Å². The molecular weight excluding hydrogens is 432 g/mol. The van der Waals surface area contributed by atoms with Crippen LogP contribution in [-0.2, 0) is 9.53 Å². The van der Waals surface area contributed by atoms with Crippen LogP contribution in [0.25, 0.3) is 0 Å². The summed E-state index contributed by atoms with van der Waals surface area (Å²) in [5, 5.41) is 10.8. The van der Waals surface area contributed by atoms with Gasteiger partial charge in [0.25, 0.3) is 0 Å². The number of phenols is 1. The molecule has 34 heavy (non-hydrogen) atoms. The van der Waals surface area contributed by atoms with Crippen LogP contribution in [0.2, 0.25) is 0 Å². The van der Waals surface area contributed by atoms with E-state index >= 15 is 0 Å². The highest BCUT2D eigenvalue weighted by atomic mass is 16.6. The van der Waals surface area contributed by atoms with Crippen LogP contribution in [0.3, 0.4) is 0 Å². The fourth-order valence-electron chi connectivity index (χ4n) is 6.26. The Labute approximate surface area is 200 Å². The summed E-state index contributed by atoms with van der Waals surface area (Å²) in [4.78, 5) is 27.7. The van der Waals surface area contributed by atoms with Crippen molar-refractivity contribution >= 4 is 11.6 Å². The summed E-state index contributed by atoms with van der Waals surface area (Å²) in [6, 6.07) is 2.95. The number of ketones is 2. The van der Waals surface area contributed by atoms with E-state index in [1.165, 1.54) is 6.07 Å². The third kappa shape index (κ3) is 2.74. The minimum atomic E-state index is -1.33. The molecule has 178 valence electrons. The maximum Gasteiger partial charge on any atom is 0.200 e. The van der Waals surface area contributed by atoms with Gasteiger partial charge in [0.1, 0.15) is 22.8 Å². The summed E-state index contributed by atoms with van der Waals surface area (Å²) in [5.74, 6) is 1.70. The Hall–Kier alpha value is -3.04. The van der Waals surface area contributed by atoms with E-state index in [0.717, 1.165) is 5.57 Å². The quantitative estimate of drug-likeness (QED) is 0.522. The van der Waals surface area contributed by atoms with Crippen LogP contribution in [0.15, 0.2) is 35.4 Å². The van der Waals surface area contributed by atoms with Crippen molar-refractivity contribution in [2.45, 2.75) is 76.8 Å². The average molecular weight is 463 g/mol. The van der Waals surface area contributed by atoms with Gasteiger partial charge in [-0.2, -0.15) is 0 Å². The molecule has 4 bridgehead atoms. The van der Waals surface area contributed by atoms with Crippen LogP contribution in [-0.4, -0.2) is 39.1 Å². The van der Waals surface area contributed by atoms with E-state index in [0.29, 0.717) is 18.4 Å². The number of ether oxygens (including phenoxy) is 3. The van der Waals surface area contributed by atoms with E-state index in [2.05, 4.69) is 5.92 Å². The van der Waals surface area contributed by atoms with Gasteiger partial charge in [0.15, 0.2) is 28.4 Å². The molecule has 0 amide bonds. The van der Waals surface area contributed by atoms with Crippen molar-refractivity contribution in [3.05, 3.63) is 41.0 Å². The molecule has 6 nitrogen and oxygen atoms in total. The number of terminal acetylenes is 1. The molecular formula is C28H30O6. The average Bonchev–Trinajstić information content (AvgIpc) is 2.89. The van der Waals surface area contributed by atoms with E-state index in [9.17, 15) is 14.7 Å². The van der Waals surface area contributed by atoms with Crippen LogP contribution < -0.4 is 9.47 Å². The monoisotopic (exact) mass is 462 g/mol. The van der Waals surface area contributed by atoms with Gasteiger partial charge < -0.3 is 19.3 Å². The lowest BCUT2D eigenvalue weighted by Crippen LogP contribution is -2.72. The first-order valence-corrected chi connectivity index (χ1v) is 11.7. The maximum atomic E-state index is 13.9. The zero-order chi connectivity index (χ0) is 24.8. The Bertz CT molecular complexity index is 1240. The molecule has 5 aliphatic rings. The SMILES string of the molecule is C#CC(C)(C)Oc1cc(O)c2c(c1)O[C@]13C(=C[C@@H]4C[C@H]1C(C)(C)O[C@@]3(CC=C(C)C)C4=O)C2=O. The minimum absolute atomic E-state index is 0.0584. The molecule has 4 atom stereocenters. The summed E-state index contributed by atoms with van der Waals surface area (Å²) in [6.07, 6.45) is 10.1. The maximum absolute atomic E-state index is 13.9. The summed E-state index contributed by atoms with van der Waals surface area (Å²) in [6.45, 7) is 11.3. The van der Waals surface area contributed by atoms with E-state index in [1.807, 2.05) is 33.8 Å². The molecule has 1 saturated carbocycles. The highest BCUT2D eigenvalue weighted by molar-refractivity contribution is 6.18. The molecule has 0 radical (unpaired) electrons. The molecule has 2 fully saturated rings. The number of rotatable bonds is 4. The largest absolute Gasteiger partial charge is 0.507 e. The number of benzene rings is 1. The lowest BCUT2D eigenvalue weighted by Gasteiger charge is -2.56. The van der Waals surface area contributed by atoms with Crippen molar-refractivity contribution in [1.82, 2.24) is 0 Å². The number of hydrogen-bond acceptors (Lipinski definition) is 6. The van der Waals surface area contributed by atoms with Crippen molar-refractivity contribution in [3.8, 4) is 29.6 Å². The summed E-state index contributed by atoms with van der Waals surface area (Å²) < 4.78 is 19.2. The number of phenolic OH excluding ortho intramolecular Hbond substituents is 1. The third-order valence-electron chi connectivity index (χ3n) is 7.68. The second-order valence-corrected chi connectivity index (χ2v) is 11.1. The Morgan fingerprint density at radius 1 is 1.32 bits per heavy atom. The molecule has 1 spiro atoms. The number of carbonyl (C=O) groups is 2. The van der Waals surface area contributed by atoms with Crippen molar-refractivity contribution in [3.63, 3.8) is 0 Å². The second-order valence-electron chi connectivity index (χ2n) is 11.1. The van der Waals surface area contributed by atoms with E-state index < -0.39 is 28.3 Å². The van der Waals surface area contributed by atoms with Crippen LogP contribution in [0, 0.1) is 24.2 Å². The first-order chi connectivity index (χ1) is 15.8. The summed E-state index contributed by atoms with van der Waals surface area (Å²) in [7, 11) is 0. The summed E-state index contributed by atoms with van der Waals surface area (Å²) in [5.41, 5.74) is -2.73. The number of Topliss-reactive ketones (excluding diaryl/α,β-unsaturated/α-hetero) is 2. The minimum Gasteiger partial charge on any atom is -0.507 e. The van der Waals surface area contributed by atoms with Gasteiger partial charge in [0.05, 0.1) is 5.60 Å². The van der Waals surface area contributed by atoms with Gasteiger partial charge in [-0.05, 0) is 48.0 Å². The zero-order valence-electron chi connectivity index (χ0n) is 20.4. The van der Waals surface area contributed by atoms with Crippen molar-refractivity contribution in [2.75, 3.05) is 0 Å². The Morgan fingerprint density at radius 3 is 2.68 bits per heavy atom. The lowest BCUT2D eigenvalue weighted by atomic mass is 9.51. The zero-order valence-corrected chi connectivity index (χ0v) is 20.4. The Balaban J connectivity index is 1.74. The van der Waals surface area contributed by atoms with Crippen molar-refractivity contribution in [1.29, 1.82) is 0 Å². The number of aromatic hydroxyl groups is 1.